The van der Waals surface area contributed by atoms with Crippen LogP contribution in [-0.2, 0) is 9.53 Å². The molecule has 110 valence electrons. The van der Waals surface area contributed by atoms with Gasteiger partial charge in [0.25, 0.3) is 0 Å². The quantitative estimate of drug-likeness (QED) is 0.620. The largest absolute Gasteiger partial charge is 0.495 e. The summed E-state index contributed by atoms with van der Waals surface area (Å²) in [6.45, 7) is 5.96. The topological polar surface area (TPSA) is 56.8 Å². The lowest BCUT2D eigenvalue weighted by molar-refractivity contribution is -0.138. The summed E-state index contributed by atoms with van der Waals surface area (Å²) in [5.74, 6) is 0.629. The lowest BCUT2D eigenvalue weighted by Gasteiger charge is -2.14. The molecule has 0 amide bonds. The van der Waals surface area contributed by atoms with Gasteiger partial charge in [-0.15, -0.1) is 0 Å². The highest BCUT2D eigenvalue weighted by molar-refractivity contribution is 6.32. The fourth-order valence-electron chi connectivity index (χ4n) is 1.51. The lowest BCUT2D eigenvalue weighted by Crippen LogP contribution is -2.15. The Hall–Kier alpha value is -1.88. The van der Waals surface area contributed by atoms with Gasteiger partial charge in [0, 0.05) is 24.3 Å². The molecule has 0 aliphatic heterocycles. The van der Waals surface area contributed by atoms with E-state index in [1.54, 1.807) is 19.1 Å². The van der Waals surface area contributed by atoms with Crippen molar-refractivity contribution in [1.82, 2.24) is 0 Å². The van der Waals surface area contributed by atoms with Crippen molar-refractivity contribution in [2.24, 2.45) is 0 Å². The number of esters is 1. The van der Waals surface area contributed by atoms with Gasteiger partial charge < -0.3 is 19.5 Å². The minimum atomic E-state index is -0.431. The van der Waals surface area contributed by atoms with Crippen molar-refractivity contribution in [1.29, 1.82) is 0 Å². The molecular formula is C14H18ClNO4. The summed E-state index contributed by atoms with van der Waals surface area (Å²) >= 11 is 6.01. The number of anilines is 1. The van der Waals surface area contributed by atoms with E-state index in [-0.39, 0.29) is 6.54 Å². The van der Waals surface area contributed by atoms with Crippen molar-refractivity contribution < 1.29 is 19.0 Å². The van der Waals surface area contributed by atoms with Crippen molar-refractivity contribution in [2.75, 3.05) is 32.7 Å². The van der Waals surface area contributed by atoms with Crippen molar-refractivity contribution in [3.05, 3.63) is 29.3 Å². The maximum Gasteiger partial charge on any atom is 0.335 e. The third kappa shape index (κ3) is 4.06. The average molecular weight is 300 g/mol. The number of hydrogen-bond acceptors (Lipinski definition) is 5. The van der Waals surface area contributed by atoms with Gasteiger partial charge in [-0.1, -0.05) is 18.2 Å². The first-order valence-electron chi connectivity index (χ1n) is 6.03. The molecule has 20 heavy (non-hydrogen) atoms. The highest BCUT2D eigenvalue weighted by Crippen LogP contribution is 2.35. The second kappa shape index (κ2) is 7.65. The van der Waals surface area contributed by atoms with E-state index in [0.717, 1.165) is 0 Å². The first kappa shape index (κ1) is 16.2. The van der Waals surface area contributed by atoms with E-state index in [4.69, 9.17) is 25.8 Å². The van der Waals surface area contributed by atoms with Gasteiger partial charge in [0.15, 0.2) is 0 Å². The first-order chi connectivity index (χ1) is 9.53. The molecule has 1 aromatic rings. The number of hydrogen-bond donors (Lipinski definition) is 1. The van der Waals surface area contributed by atoms with E-state index in [1.165, 1.54) is 14.2 Å². The predicted octanol–water partition coefficient (Wildman–Crippen LogP) is 2.89. The number of carbonyl (C=O) groups excluding carboxylic acids is 1. The molecule has 1 aromatic carbocycles. The van der Waals surface area contributed by atoms with Crippen LogP contribution in [0.15, 0.2) is 24.3 Å². The van der Waals surface area contributed by atoms with Crippen molar-refractivity contribution in [3.8, 4) is 11.5 Å². The van der Waals surface area contributed by atoms with Gasteiger partial charge in [0.05, 0.1) is 31.5 Å². The van der Waals surface area contributed by atoms with E-state index >= 15 is 0 Å². The lowest BCUT2D eigenvalue weighted by atomic mass is 10.2. The number of ether oxygens (including phenoxy) is 3. The smallest absolute Gasteiger partial charge is 0.335 e. The molecule has 1 N–H and O–H groups in total. The average Bonchev–Trinajstić information content (AvgIpc) is 2.45. The highest BCUT2D eigenvalue weighted by atomic mass is 35.5. The Morgan fingerprint density at radius 2 is 1.95 bits per heavy atom. The monoisotopic (exact) mass is 299 g/mol. The van der Waals surface area contributed by atoms with Gasteiger partial charge in [-0.05, 0) is 6.92 Å². The molecule has 0 aromatic heterocycles. The summed E-state index contributed by atoms with van der Waals surface area (Å²) in [5, 5.41) is 3.48. The molecule has 0 atom stereocenters. The number of carbonyl (C=O) groups is 1. The number of benzene rings is 1. The molecule has 0 saturated heterocycles. The molecule has 0 aliphatic rings. The molecule has 1 rings (SSSR count). The van der Waals surface area contributed by atoms with Gasteiger partial charge in [-0.25, -0.2) is 4.79 Å². The number of rotatable bonds is 7. The minimum absolute atomic E-state index is 0.236. The summed E-state index contributed by atoms with van der Waals surface area (Å²) in [6, 6.07) is 3.33. The second-order valence-corrected chi connectivity index (χ2v) is 4.27. The van der Waals surface area contributed by atoms with E-state index in [2.05, 4.69) is 11.9 Å². The third-order valence-electron chi connectivity index (χ3n) is 2.53. The van der Waals surface area contributed by atoms with Crippen LogP contribution in [0.2, 0.25) is 5.02 Å². The molecule has 0 fully saturated rings. The Kier molecular flexibility index (Phi) is 6.18. The fourth-order valence-corrected chi connectivity index (χ4v) is 1.74. The molecule has 0 saturated carbocycles. The molecule has 0 spiro atoms. The van der Waals surface area contributed by atoms with Gasteiger partial charge in [-0.3, -0.25) is 0 Å². The Balaban J connectivity index is 2.81. The van der Waals surface area contributed by atoms with E-state index in [9.17, 15) is 4.79 Å². The van der Waals surface area contributed by atoms with Crippen LogP contribution >= 0.6 is 11.6 Å². The van der Waals surface area contributed by atoms with Crippen LogP contribution in [0.4, 0.5) is 5.69 Å². The zero-order valence-electron chi connectivity index (χ0n) is 11.8. The Morgan fingerprint density at radius 3 is 2.50 bits per heavy atom. The van der Waals surface area contributed by atoms with Crippen LogP contribution in [0.5, 0.6) is 11.5 Å². The van der Waals surface area contributed by atoms with E-state index in [0.29, 0.717) is 34.4 Å². The normalized spacial score (nSPS) is 9.80. The molecule has 0 bridgehead atoms. The van der Waals surface area contributed by atoms with Crippen LogP contribution in [0.25, 0.3) is 0 Å². The van der Waals surface area contributed by atoms with Crippen molar-refractivity contribution in [3.63, 3.8) is 0 Å². The van der Waals surface area contributed by atoms with Crippen molar-refractivity contribution in [2.45, 2.75) is 6.92 Å². The van der Waals surface area contributed by atoms with Crippen LogP contribution < -0.4 is 14.8 Å². The minimum Gasteiger partial charge on any atom is -0.495 e. The standard InChI is InChI=1S/C14H18ClNO4/c1-5-20-14(17)9(2)8-16-11-7-12(18-3)10(15)6-13(11)19-4/h6-7,16H,2,5,8H2,1,3-4H3. The van der Waals surface area contributed by atoms with Crippen LogP contribution in [0.3, 0.4) is 0 Å². The zero-order chi connectivity index (χ0) is 15.1. The number of nitrogens with one attached hydrogen (secondary N) is 1. The van der Waals surface area contributed by atoms with Gasteiger partial charge in [0.1, 0.15) is 11.5 Å². The molecule has 6 heteroatoms. The van der Waals surface area contributed by atoms with Gasteiger partial charge in [0.2, 0.25) is 0 Å². The Bertz CT molecular complexity index is 502. The maximum absolute atomic E-state index is 11.5. The summed E-state index contributed by atoms with van der Waals surface area (Å²) in [6.07, 6.45) is 0. The van der Waals surface area contributed by atoms with Crippen molar-refractivity contribution >= 4 is 23.3 Å². The molecule has 0 unspecified atom stereocenters. The van der Waals surface area contributed by atoms with Gasteiger partial charge in [-0.2, -0.15) is 0 Å². The van der Waals surface area contributed by atoms with Crippen LogP contribution in [0, 0.1) is 0 Å². The molecular weight excluding hydrogens is 282 g/mol. The summed E-state index contributed by atoms with van der Waals surface area (Å²) < 4.78 is 15.2. The zero-order valence-corrected chi connectivity index (χ0v) is 12.5. The SMILES string of the molecule is C=C(CNc1cc(OC)c(Cl)cc1OC)C(=O)OCC. The fraction of sp³-hybridized carbons (Fsp3) is 0.357. The summed E-state index contributed by atoms with van der Waals surface area (Å²) in [7, 11) is 3.05. The predicted molar refractivity (Wildman–Crippen MR) is 78.8 cm³/mol. The Labute approximate surface area is 123 Å². The molecule has 0 radical (unpaired) electrons. The third-order valence-corrected chi connectivity index (χ3v) is 2.83. The Morgan fingerprint density at radius 1 is 1.30 bits per heavy atom. The van der Waals surface area contributed by atoms with Crippen LogP contribution in [0.1, 0.15) is 6.92 Å². The van der Waals surface area contributed by atoms with Crippen LogP contribution in [-0.4, -0.2) is 33.3 Å². The molecule has 0 aliphatic carbocycles. The summed E-state index contributed by atoms with van der Waals surface area (Å²) in [4.78, 5) is 11.5. The highest BCUT2D eigenvalue weighted by Gasteiger charge is 2.12. The molecule has 5 nitrogen and oxygen atoms in total. The van der Waals surface area contributed by atoms with E-state index < -0.39 is 5.97 Å². The first-order valence-corrected chi connectivity index (χ1v) is 6.41. The maximum atomic E-state index is 11.5. The van der Waals surface area contributed by atoms with Gasteiger partial charge >= 0.3 is 5.97 Å². The molecule has 0 heterocycles. The summed E-state index contributed by atoms with van der Waals surface area (Å²) in [5.41, 5.74) is 0.974. The number of halogens is 1. The number of methoxy groups -OCH3 is 2. The second-order valence-electron chi connectivity index (χ2n) is 3.86. The van der Waals surface area contributed by atoms with E-state index in [1.807, 2.05) is 0 Å².